The molecule has 1 aromatic heterocycles. The number of rotatable bonds is 6. The molecular weight excluding hydrogens is 244 g/mol. The van der Waals surface area contributed by atoms with Gasteiger partial charge in [-0.05, 0) is 43.9 Å². The van der Waals surface area contributed by atoms with Gasteiger partial charge in [0.15, 0.2) is 0 Å². The molecule has 1 atom stereocenters. The second-order valence-electron chi connectivity index (χ2n) is 6.08. The van der Waals surface area contributed by atoms with E-state index in [1.54, 1.807) is 5.56 Å². The molecule has 0 saturated carbocycles. The second-order valence-corrected chi connectivity index (χ2v) is 6.08. The number of aryl methyl sites for hydroxylation is 1. The Morgan fingerprint density at radius 2 is 2.10 bits per heavy atom. The molecule has 2 heteroatoms. The highest BCUT2D eigenvalue weighted by atomic mass is 14.9. The van der Waals surface area contributed by atoms with E-state index in [9.17, 15) is 0 Å². The van der Waals surface area contributed by atoms with Crippen molar-refractivity contribution >= 4 is 10.9 Å². The molecule has 20 heavy (non-hydrogen) atoms. The Hall–Kier alpha value is -1.28. The molecule has 0 aliphatic heterocycles. The first-order chi connectivity index (χ1) is 9.88. The predicted molar refractivity (Wildman–Crippen MR) is 86.3 cm³/mol. The van der Waals surface area contributed by atoms with Gasteiger partial charge >= 0.3 is 0 Å². The van der Waals surface area contributed by atoms with Crippen LogP contribution in [0.4, 0.5) is 0 Å². The summed E-state index contributed by atoms with van der Waals surface area (Å²) in [5.74, 6) is 0. The van der Waals surface area contributed by atoms with Crippen molar-refractivity contribution in [3.8, 4) is 0 Å². The summed E-state index contributed by atoms with van der Waals surface area (Å²) in [6.45, 7) is 3.45. The summed E-state index contributed by atoms with van der Waals surface area (Å²) in [7, 11) is 0. The van der Waals surface area contributed by atoms with Crippen molar-refractivity contribution in [1.82, 2.24) is 10.3 Å². The number of H-pyrrole nitrogens is 1. The van der Waals surface area contributed by atoms with E-state index in [4.69, 9.17) is 0 Å². The van der Waals surface area contributed by atoms with Gasteiger partial charge in [0.1, 0.15) is 0 Å². The van der Waals surface area contributed by atoms with Crippen molar-refractivity contribution in [2.75, 3.05) is 6.54 Å². The van der Waals surface area contributed by atoms with Crippen LogP contribution in [-0.4, -0.2) is 17.6 Å². The van der Waals surface area contributed by atoms with Gasteiger partial charge in [-0.3, -0.25) is 0 Å². The highest BCUT2D eigenvalue weighted by molar-refractivity contribution is 5.84. The van der Waals surface area contributed by atoms with Crippen LogP contribution in [0.3, 0.4) is 0 Å². The SMILES string of the molecule is CCCCCCNC1CCc2[nH]c3ccccc3c2C1. The molecule has 0 spiro atoms. The highest BCUT2D eigenvalue weighted by Crippen LogP contribution is 2.28. The third-order valence-electron chi connectivity index (χ3n) is 4.56. The van der Waals surface area contributed by atoms with Crippen LogP contribution in [0.2, 0.25) is 0 Å². The zero-order valence-electron chi connectivity index (χ0n) is 12.5. The monoisotopic (exact) mass is 270 g/mol. The van der Waals surface area contributed by atoms with Crippen molar-refractivity contribution < 1.29 is 0 Å². The smallest absolute Gasteiger partial charge is 0.0458 e. The number of unbranched alkanes of at least 4 members (excludes halogenated alkanes) is 3. The maximum atomic E-state index is 3.76. The van der Waals surface area contributed by atoms with Gasteiger partial charge in [0.25, 0.3) is 0 Å². The Morgan fingerprint density at radius 3 is 3.00 bits per heavy atom. The van der Waals surface area contributed by atoms with Gasteiger partial charge in [-0.2, -0.15) is 0 Å². The van der Waals surface area contributed by atoms with Crippen LogP contribution in [0.1, 0.15) is 50.3 Å². The normalized spacial score (nSPS) is 18.4. The van der Waals surface area contributed by atoms with Crippen LogP contribution < -0.4 is 5.32 Å². The molecule has 0 radical (unpaired) electrons. The molecule has 108 valence electrons. The van der Waals surface area contributed by atoms with Crippen molar-refractivity contribution in [3.63, 3.8) is 0 Å². The van der Waals surface area contributed by atoms with Gasteiger partial charge in [0.05, 0.1) is 0 Å². The zero-order valence-corrected chi connectivity index (χ0v) is 12.5. The lowest BCUT2D eigenvalue weighted by Gasteiger charge is -2.23. The van der Waals surface area contributed by atoms with Gasteiger partial charge in [-0.15, -0.1) is 0 Å². The van der Waals surface area contributed by atoms with Crippen LogP contribution in [0, 0.1) is 0 Å². The van der Waals surface area contributed by atoms with Gasteiger partial charge in [-0.1, -0.05) is 44.4 Å². The van der Waals surface area contributed by atoms with E-state index in [0.29, 0.717) is 6.04 Å². The first-order valence-electron chi connectivity index (χ1n) is 8.20. The minimum Gasteiger partial charge on any atom is -0.358 e. The Morgan fingerprint density at radius 1 is 1.20 bits per heavy atom. The summed E-state index contributed by atoms with van der Waals surface area (Å²) < 4.78 is 0. The number of para-hydroxylation sites is 1. The maximum Gasteiger partial charge on any atom is 0.0458 e. The number of aromatic nitrogens is 1. The number of benzene rings is 1. The number of fused-ring (bicyclic) bond motifs is 3. The van der Waals surface area contributed by atoms with Crippen molar-refractivity contribution in [2.45, 2.75) is 57.9 Å². The molecule has 1 heterocycles. The molecule has 0 fully saturated rings. The van der Waals surface area contributed by atoms with E-state index >= 15 is 0 Å². The zero-order chi connectivity index (χ0) is 13.8. The molecular formula is C18H26N2. The van der Waals surface area contributed by atoms with E-state index in [2.05, 4.69) is 41.5 Å². The molecule has 3 rings (SSSR count). The summed E-state index contributed by atoms with van der Waals surface area (Å²) in [5.41, 5.74) is 4.33. The van der Waals surface area contributed by atoms with E-state index in [1.807, 2.05) is 0 Å². The lowest BCUT2D eigenvalue weighted by atomic mass is 9.91. The quantitative estimate of drug-likeness (QED) is 0.757. The Labute approximate surface area is 122 Å². The molecule has 0 bridgehead atoms. The maximum absolute atomic E-state index is 3.76. The summed E-state index contributed by atoms with van der Waals surface area (Å²) in [6.07, 6.45) is 9.04. The number of aromatic amines is 1. The minimum atomic E-state index is 0.670. The molecule has 1 aromatic carbocycles. The van der Waals surface area contributed by atoms with E-state index in [0.717, 1.165) is 0 Å². The predicted octanol–water partition coefficient (Wildman–Crippen LogP) is 4.20. The van der Waals surface area contributed by atoms with Crippen molar-refractivity contribution in [2.24, 2.45) is 0 Å². The number of hydrogen-bond acceptors (Lipinski definition) is 1. The summed E-state index contributed by atoms with van der Waals surface area (Å²) in [4.78, 5) is 3.59. The molecule has 1 unspecified atom stereocenters. The molecule has 2 N–H and O–H groups in total. The Balaban J connectivity index is 1.60. The summed E-state index contributed by atoms with van der Waals surface area (Å²) in [6, 6.07) is 9.39. The van der Waals surface area contributed by atoms with Crippen LogP contribution >= 0.6 is 0 Å². The molecule has 2 aromatic rings. The third kappa shape index (κ3) is 2.90. The lowest BCUT2D eigenvalue weighted by Crippen LogP contribution is -2.35. The van der Waals surface area contributed by atoms with Crippen LogP contribution in [0.5, 0.6) is 0 Å². The molecule has 0 amide bonds. The summed E-state index contributed by atoms with van der Waals surface area (Å²) in [5, 5.41) is 5.19. The van der Waals surface area contributed by atoms with Gasteiger partial charge < -0.3 is 10.3 Å². The first-order valence-corrected chi connectivity index (χ1v) is 8.20. The molecule has 1 aliphatic carbocycles. The van der Waals surface area contributed by atoms with E-state index < -0.39 is 0 Å². The number of nitrogens with one attached hydrogen (secondary N) is 2. The second kappa shape index (κ2) is 6.45. The standard InChI is InChI=1S/C18H26N2/c1-2-3-4-7-12-19-14-10-11-18-16(13-14)15-8-5-6-9-17(15)20-18/h5-6,8-9,14,19-20H,2-4,7,10-13H2,1H3. The summed E-state index contributed by atoms with van der Waals surface area (Å²) >= 11 is 0. The Kier molecular flexibility index (Phi) is 4.41. The van der Waals surface area contributed by atoms with Crippen molar-refractivity contribution in [1.29, 1.82) is 0 Å². The molecule has 2 nitrogen and oxygen atoms in total. The molecule has 0 saturated heterocycles. The van der Waals surface area contributed by atoms with Crippen LogP contribution in [-0.2, 0) is 12.8 Å². The van der Waals surface area contributed by atoms with Crippen LogP contribution in [0.25, 0.3) is 10.9 Å². The lowest BCUT2D eigenvalue weighted by molar-refractivity contribution is 0.447. The Bertz CT molecular complexity index is 556. The fraction of sp³-hybridized carbons (Fsp3) is 0.556. The van der Waals surface area contributed by atoms with E-state index in [-0.39, 0.29) is 0 Å². The largest absolute Gasteiger partial charge is 0.358 e. The first kappa shape index (κ1) is 13.7. The van der Waals surface area contributed by atoms with Gasteiger partial charge in [0.2, 0.25) is 0 Å². The number of hydrogen-bond donors (Lipinski definition) is 2. The van der Waals surface area contributed by atoms with E-state index in [1.165, 1.54) is 68.1 Å². The highest BCUT2D eigenvalue weighted by Gasteiger charge is 2.21. The third-order valence-corrected chi connectivity index (χ3v) is 4.56. The average Bonchev–Trinajstić information content (AvgIpc) is 2.85. The van der Waals surface area contributed by atoms with Crippen molar-refractivity contribution in [3.05, 3.63) is 35.5 Å². The topological polar surface area (TPSA) is 27.8 Å². The van der Waals surface area contributed by atoms with Gasteiger partial charge in [-0.25, -0.2) is 0 Å². The minimum absolute atomic E-state index is 0.670. The fourth-order valence-corrected chi connectivity index (χ4v) is 3.40. The molecule has 1 aliphatic rings. The van der Waals surface area contributed by atoms with Gasteiger partial charge in [0, 0.05) is 22.6 Å². The van der Waals surface area contributed by atoms with Crippen LogP contribution in [0.15, 0.2) is 24.3 Å². The average molecular weight is 270 g/mol. The fourth-order valence-electron chi connectivity index (χ4n) is 3.40.